The number of hydrogen-bond acceptors (Lipinski definition) is 3. The van der Waals surface area contributed by atoms with Crippen LogP contribution in [-0.2, 0) is 11.3 Å². The lowest BCUT2D eigenvalue weighted by Gasteiger charge is -2.04. The molecule has 0 aromatic heterocycles. The summed E-state index contributed by atoms with van der Waals surface area (Å²) >= 11 is 0. The number of likely N-dealkylation sites (N-methyl/N-ethyl adjacent to an activating group) is 1. The van der Waals surface area contributed by atoms with Crippen LogP contribution in [0.2, 0.25) is 0 Å². The molecule has 0 heterocycles. The highest BCUT2D eigenvalue weighted by molar-refractivity contribution is 5.92. The number of carbonyl (C=O) groups excluding carboxylic acids is 2. The van der Waals surface area contributed by atoms with E-state index in [-0.39, 0.29) is 12.5 Å². The topological polar surface area (TPSA) is 84.2 Å². The first-order valence-corrected chi connectivity index (χ1v) is 4.93. The van der Waals surface area contributed by atoms with Gasteiger partial charge in [0, 0.05) is 19.2 Å². The molecule has 0 fully saturated rings. The van der Waals surface area contributed by atoms with Crippen LogP contribution in [0.5, 0.6) is 0 Å². The van der Waals surface area contributed by atoms with Crippen molar-refractivity contribution in [2.75, 3.05) is 13.6 Å². The number of nitrogens with two attached hydrogens (primary N) is 1. The predicted molar refractivity (Wildman–Crippen MR) is 60.7 cm³/mol. The van der Waals surface area contributed by atoms with Crippen LogP contribution in [0.3, 0.4) is 0 Å². The van der Waals surface area contributed by atoms with Gasteiger partial charge in [-0.25, -0.2) is 0 Å². The lowest BCUT2D eigenvalue weighted by molar-refractivity contribution is -0.119. The van der Waals surface area contributed by atoms with Crippen LogP contribution < -0.4 is 16.4 Å². The summed E-state index contributed by atoms with van der Waals surface area (Å²) < 4.78 is 0. The van der Waals surface area contributed by atoms with Crippen molar-refractivity contribution >= 4 is 11.8 Å². The summed E-state index contributed by atoms with van der Waals surface area (Å²) in [5, 5.41) is 5.49. The van der Waals surface area contributed by atoms with E-state index < -0.39 is 5.91 Å². The van der Waals surface area contributed by atoms with Crippen molar-refractivity contribution in [2.45, 2.75) is 6.54 Å². The SMILES string of the molecule is CNC(=O)CNCc1ccc(C(N)=O)cc1. The number of hydrogen-bond donors (Lipinski definition) is 3. The van der Waals surface area contributed by atoms with Crippen LogP contribution in [0.25, 0.3) is 0 Å². The van der Waals surface area contributed by atoms with E-state index in [1.165, 1.54) is 0 Å². The molecule has 0 atom stereocenters. The minimum absolute atomic E-state index is 0.0613. The fraction of sp³-hybridized carbons (Fsp3) is 0.273. The molecule has 0 aliphatic heterocycles. The molecule has 4 N–H and O–H groups in total. The van der Waals surface area contributed by atoms with E-state index in [9.17, 15) is 9.59 Å². The monoisotopic (exact) mass is 221 g/mol. The summed E-state index contributed by atoms with van der Waals surface area (Å²) in [5.41, 5.74) is 6.59. The third kappa shape index (κ3) is 3.70. The third-order valence-electron chi connectivity index (χ3n) is 2.13. The van der Waals surface area contributed by atoms with Crippen molar-refractivity contribution in [3.63, 3.8) is 0 Å². The Bertz CT molecular complexity index is 373. The van der Waals surface area contributed by atoms with Crippen molar-refractivity contribution in [3.8, 4) is 0 Å². The third-order valence-corrected chi connectivity index (χ3v) is 2.13. The van der Waals surface area contributed by atoms with Crippen molar-refractivity contribution < 1.29 is 9.59 Å². The van der Waals surface area contributed by atoms with Crippen LogP contribution in [0.1, 0.15) is 15.9 Å². The quantitative estimate of drug-likeness (QED) is 0.633. The molecule has 5 nitrogen and oxygen atoms in total. The van der Waals surface area contributed by atoms with Crippen LogP contribution in [0.4, 0.5) is 0 Å². The molecule has 0 bridgehead atoms. The number of rotatable bonds is 5. The van der Waals surface area contributed by atoms with Crippen molar-refractivity contribution in [3.05, 3.63) is 35.4 Å². The molecule has 0 saturated carbocycles. The zero-order valence-corrected chi connectivity index (χ0v) is 9.12. The molecular weight excluding hydrogens is 206 g/mol. The van der Waals surface area contributed by atoms with Gasteiger partial charge in [0.2, 0.25) is 11.8 Å². The summed E-state index contributed by atoms with van der Waals surface area (Å²) in [6.07, 6.45) is 0. The van der Waals surface area contributed by atoms with Crippen LogP contribution >= 0.6 is 0 Å². The van der Waals surface area contributed by atoms with Gasteiger partial charge in [0.1, 0.15) is 0 Å². The second kappa shape index (κ2) is 5.87. The van der Waals surface area contributed by atoms with Gasteiger partial charge in [0.25, 0.3) is 0 Å². The summed E-state index contributed by atoms with van der Waals surface area (Å²) in [6, 6.07) is 6.94. The van der Waals surface area contributed by atoms with E-state index in [2.05, 4.69) is 10.6 Å². The van der Waals surface area contributed by atoms with Crippen molar-refractivity contribution in [1.29, 1.82) is 0 Å². The minimum Gasteiger partial charge on any atom is -0.366 e. The highest BCUT2D eigenvalue weighted by Gasteiger charge is 2.00. The van der Waals surface area contributed by atoms with Gasteiger partial charge in [0.05, 0.1) is 6.54 Å². The Morgan fingerprint density at radius 2 is 1.88 bits per heavy atom. The number of nitrogens with one attached hydrogen (secondary N) is 2. The van der Waals surface area contributed by atoms with E-state index in [0.717, 1.165) is 5.56 Å². The molecule has 0 radical (unpaired) electrons. The zero-order chi connectivity index (χ0) is 12.0. The van der Waals surface area contributed by atoms with Gasteiger partial charge in [-0.05, 0) is 17.7 Å². The lowest BCUT2D eigenvalue weighted by atomic mass is 10.1. The van der Waals surface area contributed by atoms with Gasteiger partial charge in [0.15, 0.2) is 0 Å². The Kier molecular flexibility index (Phi) is 4.47. The van der Waals surface area contributed by atoms with Crippen LogP contribution in [0.15, 0.2) is 24.3 Å². The number of carbonyl (C=O) groups is 2. The fourth-order valence-electron chi connectivity index (χ4n) is 1.20. The van der Waals surface area contributed by atoms with E-state index in [1.807, 2.05) is 0 Å². The van der Waals surface area contributed by atoms with Crippen molar-refractivity contribution in [1.82, 2.24) is 10.6 Å². The van der Waals surface area contributed by atoms with E-state index in [4.69, 9.17) is 5.73 Å². The molecule has 1 aromatic carbocycles. The second-order valence-corrected chi connectivity index (χ2v) is 3.34. The molecule has 5 heteroatoms. The maximum absolute atomic E-state index is 10.9. The fourth-order valence-corrected chi connectivity index (χ4v) is 1.20. The maximum Gasteiger partial charge on any atom is 0.248 e. The standard InChI is InChI=1S/C11H15N3O2/c1-13-10(15)7-14-6-8-2-4-9(5-3-8)11(12)16/h2-5,14H,6-7H2,1H3,(H2,12,16)(H,13,15). The molecule has 0 aliphatic carbocycles. The molecule has 86 valence electrons. The molecule has 1 aromatic rings. The van der Waals surface area contributed by atoms with Gasteiger partial charge in [-0.1, -0.05) is 12.1 Å². The highest BCUT2D eigenvalue weighted by atomic mass is 16.2. The van der Waals surface area contributed by atoms with E-state index >= 15 is 0 Å². The molecule has 0 aliphatic rings. The Labute approximate surface area is 94.0 Å². The summed E-state index contributed by atoms with van der Waals surface area (Å²) in [7, 11) is 1.59. The second-order valence-electron chi connectivity index (χ2n) is 3.34. The number of primary amides is 1. The summed E-state index contributed by atoms with van der Waals surface area (Å²) in [4.78, 5) is 21.7. The molecule has 0 saturated heterocycles. The Hall–Kier alpha value is -1.88. The highest BCUT2D eigenvalue weighted by Crippen LogP contribution is 2.03. The smallest absolute Gasteiger partial charge is 0.248 e. The van der Waals surface area contributed by atoms with E-state index in [1.54, 1.807) is 31.3 Å². The van der Waals surface area contributed by atoms with Crippen LogP contribution in [0, 0.1) is 0 Å². The number of benzene rings is 1. The first kappa shape index (κ1) is 12.2. The Morgan fingerprint density at radius 3 is 2.38 bits per heavy atom. The first-order valence-electron chi connectivity index (χ1n) is 4.93. The summed E-state index contributed by atoms with van der Waals surface area (Å²) in [6.45, 7) is 0.848. The lowest BCUT2D eigenvalue weighted by Crippen LogP contribution is -2.30. The largest absolute Gasteiger partial charge is 0.366 e. The normalized spacial score (nSPS) is 9.81. The van der Waals surface area contributed by atoms with Gasteiger partial charge in [-0.3, -0.25) is 9.59 Å². The Balaban J connectivity index is 2.43. The van der Waals surface area contributed by atoms with E-state index in [0.29, 0.717) is 12.1 Å². The maximum atomic E-state index is 10.9. The van der Waals surface area contributed by atoms with Gasteiger partial charge >= 0.3 is 0 Å². The molecular formula is C11H15N3O2. The first-order chi connectivity index (χ1) is 7.63. The molecule has 16 heavy (non-hydrogen) atoms. The molecule has 1 rings (SSSR count). The minimum atomic E-state index is -0.440. The predicted octanol–water partition coefficient (Wildman–Crippen LogP) is -0.379. The number of amides is 2. The van der Waals surface area contributed by atoms with Gasteiger partial charge < -0.3 is 16.4 Å². The van der Waals surface area contributed by atoms with Gasteiger partial charge in [-0.2, -0.15) is 0 Å². The molecule has 2 amide bonds. The average Bonchev–Trinajstić information content (AvgIpc) is 2.29. The zero-order valence-electron chi connectivity index (χ0n) is 9.12. The molecule has 0 spiro atoms. The summed E-state index contributed by atoms with van der Waals surface area (Å²) in [5.74, 6) is -0.501. The molecule has 0 unspecified atom stereocenters. The average molecular weight is 221 g/mol. The Morgan fingerprint density at radius 1 is 1.25 bits per heavy atom. The van der Waals surface area contributed by atoms with Crippen molar-refractivity contribution in [2.24, 2.45) is 5.73 Å². The van der Waals surface area contributed by atoms with Gasteiger partial charge in [-0.15, -0.1) is 0 Å². The van der Waals surface area contributed by atoms with Crippen LogP contribution in [-0.4, -0.2) is 25.4 Å².